The molecule has 1 aliphatic carbocycles. The summed E-state index contributed by atoms with van der Waals surface area (Å²) in [6, 6.07) is 6.77. The van der Waals surface area contributed by atoms with Gasteiger partial charge in [0.25, 0.3) is 0 Å². The molecule has 12 nitrogen and oxygen atoms in total. The lowest BCUT2D eigenvalue weighted by molar-refractivity contribution is -0.141. The van der Waals surface area contributed by atoms with Crippen molar-refractivity contribution in [3.63, 3.8) is 0 Å². The highest BCUT2D eigenvalue weighted by Gasteiger charge is 2.53. The number of ether oxygens (including phenoxy) is 5. The van der Waals surface area contributed by atoms with Crippen LogP contribution in [0.3, 0.4) is 0 Å². The van der Waals surface area contributed by atoms with Crippen molar-refractivity contribution in [1.82, 2.24) is 16.0 Å². The Labute approximate surface area is 264 Å². The topological polar surface area (TPSA) is 163 Å². The summed E-state index contributed by atoms with van der Waals surface area (Å²) in [6.45, 7) is 4.78. The number of benzene rings is 2. The number of hydrogen-bond donors (Lipinski definition) is 5. The van der Waals surface area contributed by atoms with E-state index in [1.54, 1.807) is 12.1 Å². The SMILES string of the molecule is COc1cc(C2c3cc4c(cc3[C@@H](NC(=O)CCCCNCCCNCCCCN)[C@H]3COC(=O)[C@H]23)OCO4)cc(OC)c1O. The smallest absolute Gasteiger partial charge is 0.310 e. The Morgan fingerprint density at radius 2 is 1.51 bits per heavy atom. The lowest BCUT2D eigenvalue weighted by Gasteiger charge is -2.39. The second kappa shape index (κ2) is 15.5. The third kappa shape index (κ3) is 7.40. The molecule has 3 aliphatic rings. The summed E-state index contributed by atoms with van der Waals surface area (Å²) in [5, 5.41) is 20.7. The second-order valence-electron chi connectivity index (χ2n) is 11.8. The number of fused-ring (bicyclic) bond motifs is 3. The second-order valence-corrected chi connectivity index (χ2v) is 11.8. The molecule has 0 radical (unpaired) electrons. The van der Waals surface area contributed by atoms with Crippen LogP contribution in [-0.4, -0.2) is 77.3 Å². The highest BCUT2D eigenvalue weighted by Crippen LogP contribution is 2.55. The van der Waals surface area contributed by atoms with E-state index in [2.05, 4.69) is 16.0 Å². The van der Waals surface area contributed by atoms with Gasteiger partial charge in [0, 0.05) is 18.3 Å². The minimum Gasteiger partial charge on any atom is -0.502 e. The van der Waals surface area contributed by atoms with Crippen molar-refractivity contribution < 1.29 is 38.4 Å². The number of carbonyl (C=O) groups is 2. The number of phenolic OH excluding ortho intramolecular Hbond substituents is 1. The molecule has 4 atom stereocenters. The van der Waals surface area contributed by atoms with Gasteiger partial charge < -0.3 is 50.5 Å². The summed E-state index contributed by atoms with van der Waals surface area (Å²) in [6.07, 6.45) is 5.22. The number of esters is 1. The average molecular weight is 627 g/mol. The van der Waals surface area contributed by atoms with Gasteiger partial charge in [0.2, 0.25) is 18.4 Å². The van der Waals surface area contributed by atoms with Crippen molar-refractivity contribution in [1.29, 1.82) is 0 Å². The van der Waals surface area contributed by atoms with Crippen LogP contribution in [0.15, 0.2) is 24.3 Å². The molecule has 1 fully saturated rings. The minimum atomic E-state index is -0.582. The number of hydrogen-bond acceptors (Lipinski definition) is 11. The maximum absolute atomic E-state index is 13.3. The Balaban J connectivity index is 1.27. The fraction of sp³-hybridized carbons (Fsp3) is 0.576. The van der Waals surface area contributed by atoms with E-state index in [0.717, 1.165) is 81.5 Å². The molecule has 0 saturated carbocycles. The number of nitrogens with one attached hydrogen (secondary N) is 3. The third-order valence-corrected chi connectivity index (χ3v) is 8.89. The number of phenols is 1. The Morgan fingerprint density at radius 1 is 0.889 bits per heavy atom. The molecule has 6 N–H and O–H groups in total. The summed E-state index contributed by atoms with van der Waals surface area (Å²) in [5.74, 6) is -0.263. The van der Waals surface area contributed by atoms with Crippen molar-refractivity contribution in [2.75, 3.05) is 60.3 Å². The minimum absolute atomic E-state index is 0.0742. The summed E-state index contributed by atoms with van der Waals surface area (Å²) < 4.78 is 27.9. The number of nitrogens with two attached hydrogens (primary N) is 1. The molecule has 45 heavy (non-hydrogen) atoms. The molecule has 2 aromatic rings. The zero-order valence-corrected chi connectivity index (χ0v) is 26.2. The lowest BCUT2D eigenvalue weighted by Crippen LogP contribution is -2.42. The Bertz CT molecular complexity index is 1310. The summed E-state index contributed by atoms with van der Waals surface area (Å²) in [7, 11) is 2.92. The van der Waals surface area contributed by atoms with E-state index in [-0.39, 0.29) is 48.4 Å². The van der Waals surface area contributed by atoms with Crippen LogP contribution in [0, 0.1) is 11.8 Å². The van der Waals surface area contributed by atoms with Crippen molar-refractivity contribution >= 4 is 11.9 Å². The first-order valence-corrected chi connectivity index (χ1v) is 15.9. The normalized spacial score (nSPS) is 21.2. The molecule has 2 aliphatic heterocycles. The van der Waals surface area contributed by atoms with Crippen LogP contribution < -0.4 is 40.6 Å². The first-order valence-electron chi connectivity index (χ1n) is 15.9. The largest absolute Gasteiger partial charge is 0.502 e. The fourth-order valence-corrected chi connectivity index (χ4v) is 6.60. The standard InChI is InChI=1S/C33H46N4O8/c1-41-26-14-20(15-27(42-2)32(26)39)29-21-16-24-25(45-19-44-24)17-22(21)31(23-18-43-33(40)30(23)29)37-28(38)8-3-5-10-35-12-7-13-36-11-6-4-9-34/h14-17,23,29-31,35-36,39H,3-13,18-19,34H2,1-2H3,(H,37,38)/t23-,29?,30-,31+/m0/s1. The highest BCUT2D eigenvalue weighted by atomic mass is 16.7. The molecular weight excluding hydrogens is 580 g/mol. The van der Waals surface area contributed by atoms with Crippen LogP contribution in [0.25, 0.3) is 0 Å². The number of unbranched alkanes of at least 4 members (excludes halogenated alkanes) is 2. The van der Waals surface area contributed by atoms with Crippen LogP contribution in [0.1, 0.15) is 67.2 Å². The van der Waals surface area contributed by atoms with Gasteiger partial charge in [-0.15, -0.1) is 0 Å². The van der Waals surface area contributed by atoms with Crippen LogP contribution in [0.2, 0.25) is 0 Å². The molecule has 2 heterocycles. The van der Waals surface area contributed by atoms with Gasteiger partial charge in [0.1, 0.15) is 0 Å². The molecule has 0 bridgehead atoms. The van der Waals surface area contributed by atoms with E-state index >= 15 is 0 Å². The zero-order chi connectivity index (χ0) is 31.8. The molecule has 5 rings (SSSR count). The van der Waals surface area contributed by atoms with Gasteiger partial charge in [-0.05, 0) is 106 Å². The van der Waals surface area contributed by atoms with Gasteiger partial charge in [-0.25, -0.2) is 0 Å². The number of rotatable bonds is 17. The predicted molar refractivity (Wildman–Crippen MR) is 167 cm³/mol. The number of amides is 1. The molecule has 1 unspecified atom stereocenters. The number of cyclic esters (lactones) is 1. The highest BCUT2D eigenvalue weighted by molar-refractivity contribution is 5.81. The maximum atomic E-state index is 13.3. The molecule has 1 amide bonds. The fourth-order valence-electron chi connectivity index (χ4n) is 6.60. The van der Waals surface area contributed by atoms with Crippen LogP contribution in [-0.2, 0) is 14.3 Å². The molecule has 0 spiro atoms. The summed E-state index contributed by atoms with van der Waals surface area (Å²) in [4.78, 5) is 26.6. The van der Waals surface area contributed by atoms with Crippen LogP contribution >= 0.6 is 0 Å². The van der Waals surface area contributed by atoms with E-state index < -0.39 is 17.9 Å². The number of methoxy groups -OCH3 is 2. The molecule has 1 saturated heterocycles. The van der Waals surface area contributed by atoms with Crippen molar-refractivity contribution in [3.8, 4) is 28.7 Å². The number of carbonyl (C=O) groups excluding carboxylic acids is 2. The van der Waals surface area contributed by atoms with Gasteiger partial charge in [-0.3, -0.25) is 9.59 Å². The van der Waals surface area contributed by atoms with Crippen LogP contribution in [0.4, 0.5) is 0 Å². The van der Waals surface area contributed by atoms with Gasteiger partial charge in [0.15, 0.2) is 23.0 Å². The molecule has 246 valence electrons. The van der Waals surface area contributed by atoms with E-state index in [1.807, 2.05) is 12.1 Å². The van der Waals surface area contributed by atoms with Gasteiger partial charge in [0.05, 0.1) is 32.8 Å². The maximum Gasteiger partial charge on any atom is 0.310 e. The molecule has 2 aromatic carbocycles. The predicted octanol–water partition coefficient (Wildman–Crippen LogP) is 2.71. The Kier molecular flexibility index (Phi) is 11.2. The van der Waals surface area contributed by atoms with E-state index in [9.17, 15) is 14.7 Å². The molecule has 0 aromatic heterocycles. The summed E-state index contributed by atoms with van der Waals surface area (Å²) >= 11 is 0. The quantitative estimate of drug-likeness (QED) is 0.130. The van der Waals surface area contributed by atoms with Crippen molar-refractivity contribution in [2.45, 2.75) is 50.5 Å². The van der Waals surface area contributed by atoms with Gasteiger partial charge in [-0.1, -0.05) is 0 Å². The van der Waals surface area contributed by atoms with E-state index in [1.165, 1.54) is 14.2 Å². The van der Waals surface area contributed by atoms with Crippen molar-refractivity contribution in [3.05, 3.63) is 41.0 Å². The van der Waals surface area contributed by atoms with E-state index in [4.69, 9.17) is 29.4 Å². The lowest BCUT2D eigenvalue weighted by atomic mass is 9.65. The van der Waals surface area contributed by atoms with Gasteiger partial charge in [-0.2, -0.15) is 0 Å². The Morgan fingerprint density at radius 3 is 2.16 bits per heavy atom. The number of aromatic hydroxyl groups is 1. The molecule has 12 heteroatoms. The monoisotopic (exact) mass is 626 g/mol. The average Bonchev–Trinajstić information content (AvgIpc) is 3.67. The summed E-state index contributed by atoms with van der Waals surface area (Å²) in [5.41, 5.74) is 7.90. The van der Waals surface area contributed by atoms with Crippen molar-refractivity contribution in [2.24, 2.45) is 17.6 Å². The zero-order valence-electron chi connectivity index (χ0n) is 26.2. The third-order valence-electron chi connectivity index (χ3n) is 8.89. The Hall–Kier alpha value is -3.74. The van der Waals surface area contributed by atoms with E-state index in [0.29, 0.717) is 17.9 Å². The van der Waals surface area contributed by atoms with Crippen LogP contribution in [0.5, 0.6) is 28.7 Å². The first kappa shape index (κ1) is 32.6. The molecular formula is C33H46N4O8. The van der Waals surface area contributed by atoms with Gasteiger partial charge >= 0.3 is 5.97 Å². The first-order chi connectivity index (χ1) is 22.0.